The Bertz CT molecular complexity index is 780. The van der Waals surface area contributed by atoms with E-state index in [1.807, 2.05) is 16.7 Å². The lowest BCUT2D eigenvalue weighted by molar-refractivity contribution is 0.174. The van der Waals surface area contributed by atoms with E-state index >= 15 is 0 Å². The third-order valence-electron chi connectivity index (χ3n) is 11.4. The Morgan fingerprint density at radius 2 is 0.833 bits per heavy atom. The van der Waals surface area contributed by atoms with Crippen LogP contribution >= 0.6 is 0 Å². The summed E-state index contributed by atoms with van der Waals surface area (Å²) >= 11 is 0. The Labute approximate surface area is 225 Å². The van der Waals surface area contributed by atoms with Crippen LogP contribution in [0.25, 0.3) is 0 Å². The summed E-state index contributed by atoms with van der Waals surface area (Å²) < 4.78 is 0. The molecule has 0 radical (unpaired) electrons. The highest BCUT2D eigenvalue weighted by Crippen LogP contribution is 2.54. The van der Waals surface area contributed by atoms with Crippen LogP contribution in [-0.2, 0) is 0 Å². The van der Waals surface area contributed by atoms with Crippen molar-refractivity contribution in [2.45, 2.75) is 138 Å². The topological polar surface area (TPSA) is 0 Å². The van der Waals surface area contributed by atoms with Crippen LogP contribution in [0.5, 0.6) is 0 Å². The van der Waals surface area contributed by atoms with E-state index in [2.05, 4.69) is 80.5 Å². The van der Waals surface area contributed by atoms with Crippen molar-refractivity contribution in [2.75, 3.05) is 0 Å². The maximum Gasteiger partial charge on any atom is -0.0123 e. The van der Waals surface area contributed by atoms with Gasteiger partial charge in [0.25, 0.3) is 0 Å². The van der Waals surface area contributed by atoms with Crippen LogP contribution in [-0.4, -0.2) is 0 Å². The van der Waals surface area contributed by atoms with Crippen molar-refractivity contribution >= 4 is 0 Å². The molecule has 0 saturated heterocycles. The molecule has 0 heteroatoms. The lowest BCUT2D eigenvalue weighted by Gasteiger charge is -2.46. The van der Waals surface area contributed by atoms with Crippen LogP contribution in [0.1, 0.15) is 155 Å². The highest BCUT2D eigenvalue weighted by atomic mass is 14.5. The minimum absolute atomic E-state index is 0.757. The molecule has 0 amide bonds. The maximum atomic E-state index is 2.63. The summed E-state index contributed by atoms with van der Waals surface area (Å²) in [6.07, 6.45) is 12.8. The van der Waals surface area contributed by atoms with Gasteiger partial charge in [-0.25, -0.2) is 0 Å². The van der Waals surface area contributed by atoms with Gasteiger partial charge in [-0.2, -0.15) is 0 Å². The molecule has 204 valence electrons. The Kier molecular flexibility index (Phi) is 9.37. The molecule has 3 aliphatic carbocycles. The van der Waals surface area contributed by atoms with Gasteiger partial charge in [-0.1, -0.05) is 99.8 Å². The zero-order valence-corrected chi connectivity index (χ0v) is 25.5. The van der Waals surface area contributed by atoms with E-state index in [9.17, 15) is 0 Å². The average Bonchev–Trinajstić information content (AvgIpc) is 2.82. The molecule has 9 unspecified atom stereocenters. The standard InChI is InChI=1S/C36H60/c1-22(2)28-16-13-25(7)19-33(28)31-11-10-12-32(34-20-26(8)14-17-29(34)23(3)4)36(31)35-21-27(9)15-18-30(35)24(5)6/h10-12,22-30,33-35H,13-21H2,1-9H3. The van der Waals surface area contributed by atoms with Gasteiger partial charge in [0.2, 0.25) is 0 Å². The molecule has 0 bridgehead atoms. The molecule has 1 aromatic carbocycles. The lowest BCUT2D eigenvalue weighted by Crippen LogP contribution is -2.33. The first-order valence-electron chi connectivity index (χ1n) is 16.2. The summed E-state index contributed by atoms with van der Waals surface area (Å²) in [5.74, 6) is 9.75. The lowest BCUT2D eigenvalue weighted by atomic mass is 9.59. The Balaban J connectivity index is 1.90. The summed E-state index contributed by atoms with van der Waals surface area (Å²) in [6, 6.07) is 7.76. The molecule has 0 spiro atoms. The first kappa shape index (κ1) is 28.2. The number of rotatable bonds is 6. The fraction of sp³-hybridized carbons (Fsp3) is 0.833. The largest absolute Gasteiger partial charge is 0.0625 e. The average molecular weight is 493 g/mol. The van der Waals surface area contributed by atoms with Gasteiger partial charge in [-0.15, -0.1) is 0 Å². The van der Waals surface area contributed by atoms with Crippen molar-refractivity contribution in [3.63, 3.8) is 0 Å². The van der Waals surface area contributed by atoms with Crippen LogP contribution in [0.3, 0.4) is 0 Å². The molecule has 0 heterocycles. The van der Waals surface area contributed by atoms with E-state index in [1.165, 1.54) is 57.8 Å². The van der Waals surface area contributed by atoms with Crippen LogP contribution in [0.15, 0.2) is 18.2 Å². The van der Waals surface area contributed by atoms with E-state index in [1.54, 1.807) is 0 Å². The molecule has 0 N–H and O–H groups in total. The van der Waals surface area contributed by atoms with Crippen molar-refractivity contribution in [3.8, 4) is 0 Å². The minimum Gasteiger partial charge on any atom is -0.0625 e. The third-order valence-corrected chi connectivity index (χ3v) is 11.4. The molecule has 1 aromatic rings. The van der Waals surface area contributed by atoms with Gasteiger partial charge < -0.3 is 0 Å². The van der Waals surface area contributed by atoms with Crippen molar-refractivity contribution in [3.05, 3.63) is 34.9 Å². The third kappa shape index (κ3) is 5.94. The normalized spacial score (nSPS) is 38.2. The monoisotopic (exact) mass is 492 g/mol. The predicted molar refractivity (Wildman–Crippen MR) is 159 cm³/mol. The number of hydrogen-bond donors (Lipinski definition) is 0. The smallest absolute Gasteiger partial charge is 0.0123 e. The summed E-state index contributed by atoms with van der Waals surface area (Å²) in [7, 11) is 0. The van der Waals surface area contributed by atoms with Gasteiger partial charge in [0.05, 0.1) is 0 Å². The summed E-state index contributed by atoms with van der Waals surface area (Å²) in [5, 5.41) is 0. The van der Waals surface area contributed by atoms with Gasteiger partial charge in [0.1, 0.15) is 0 Å². The molecule has 0 aliphatic heterocycles. The SMILES string of the molecule is CC1CCC(C(C)C)C(c2cccc(C3CC(C)CCC3C(C)C)c2C2CC(C)CCC2C(C)C)C1. The van der Waals surface area contributed by atoms with Crippen molar-refractivity contribution in [1.82, 2.24) is 0 Å². The van der Waals surface area contributed by atoms with Crippen molar-refractivity contribution < 1.29 is 0 Å². The molecule has 0 aromatic heterocycles. The molecule has 3 fully saturated rings. The van der Waals surface area contributed by atoms with Gasteiger partial charge in [0.15, 0.2) is 0 Å². The second-order valence-corrected chi connectivity index (χ2v) is 15.1. The Hall–Kier alpha value is -0.780. The maximum absolute atomic E-state index is 2.63. The van der Waals surface area contributed by atoms with E-state index < -0.39 is 0 Å². The molecule has 36 heavy (non-hydrogen) atoms. The first-order chi connectivity index (χ1) is 17.1. The van der Waals surface area contributed by atoms with E-state index in [4.69, 9.17) is 0 Å². The fourth-order valence-electron chi connectivity index (χ4n) is 9.33. The molecule has 0 nitrogen and oxygen atoms in total. The zero-order chi connectivity index (χ0) is 26.1. The van der Waals surface area contributed by atoms with Crippen LogP contribution in [0, 0.1) is 53.3 Å². The van der Waals surface area contributed by atoms with E-state index in [-0.39, 0.29) is 0 Å². The van der Waals surface area contributed by atoms with Crippen LogP contribution in [0.4, 0.5) is 0 Å². The molecular weight excluding hydrogens is 432 g/mol. The van der Waals surface area contributed by atoms with Crippen LogP contribution < -0.4 is 0 Å². The van der Waals surface area contributed by atoms with Crippen molar-refractivity contribution in [2.24, 2.45) is 53.3 Å². The Morgan fingerprint density at radius 3 is 1.19 bits per heavy atom. The highest BCUT2D eigenvalue weighted by molar-refractivity contribution is 5.44. The summed E-state index contributed by atoms with van der Waals surface area (Å²) in [6.45, 7) is 22.7. The molecular formula is C36H60. The molecule has 4 rings (SSSR count). The summed E-state index contributed by atoms with van der Waals surface area (Å²) in [5.41, 5.74) is 5.50. The summed E-state index contributed by atoms with van der Waals surface area (Å²) in [4.78, 5) is 0. The fourth-order valence-corrected chi connectivity index (χ4v) is 9.33. The second kappa shape index (κ2) is 11.9. The zero-order valence-electron chi connectivity index (χ0n) is 25.5. The molecule has 9 atom stereocenters. The minimum atomic E-state index is 0.757. The first-order valence-corrected chi connectivity index (χ1v) is 16.2. The Morgan fingerprint density at radius 1 is 0.500 bits per heavy atom. The molecule has 3 saturated carbocycles. The quantitative estimate of drug-likeness (QED) is 0.370. The predicted octanol–water partition coefficient (Wildman–Crippen LogP) is 11.2. The van der Waals surface area contributed by atoms with Gasteiger partial charge in [-0.3, -0.25) is 0 Å². The van der Waals surface area contributed by atoms with Crippen molar-refractivity contribution in [1.29, 1.82) is 0 Å². The van der Waals surface area contributed by atoms with Crippen LogP contribution in [0.2, 0.25) is 0 Å². The van der Waals surface area contributed by atoms with E-state index in [0.717, 1.165) is 71.0 Å². The highest BCUT2D eigenvalue weighted by Gasteiger charge is 2.41. The van der Waals surface area contributed by atoms with E-state index in [0.29, 0.717) is 0 Å². The second-order valence-electron chi connectivity index (χ2n) is 15.1. The molecule has 3 aliphatic rings. The number of hydrogen-bond acceptors (Lipinski definition) is 0. The van der Waals surface area contributed by atoms with Gasteiger partial charge in [0, 0.05) is 0 Å². The van der Waals surface area contributed by atoms with Gasteiger partial charge >= 0.3 is 0 Å². The van der Waals surface area contributed by atoms with Gasteiger partial charge in [-0.05, 0) is 126 Å². The number of benzene rings is 1.